The number of rotatable bonds is 1. The van der Waals surface area contributed by atoms with Crippen molar-refractivity contribution in [1.29, 1.82) is 0 Å². The Morgan fingerprint density at radius 1 is 1.25 bits per heavy atom. The molecule has 1 saturated heterocycles. The van der Waals surface area contributed by atoms with Crippen LogP contribution in [0.3, 0.4) is 0 Å². The molecule has 1 aliphatic heterocycles. The number of halogens is 1. The van der Waals surface area contributed by atoms with Crippen molar-refractivity contribution in [3.05, 3.63) is 33.4 Å². The zero-order valence-corrected chi connectivity index (χ0v) is 11.1. The Hall–Kier alpha value is -0.780. The molecule has 1 aliphatic rings. The Balaban J connectivity index is 1.99. The third kappa shape index (κ3) is 2.66. The minimum absolute atomic E-state index is 0.521. The fourth-order valence-corrected chi connectivity index (χ4v) is 2.50. The van der Waals surface area contributed by atoms with Crippen molar-refractivity contribution >= 4 is 28.7 Å². The maximum atomic E-state index is 10.8. The first kappa shape index (κ1) is 11.7. The van der Waals surface area contributed by atoms with Crippen LogP contribution in [0, 0.1) is 3.57 Å². The summed E-state index contributed by atoms with van der Waals surface area (Å²) in [6.07, 6.45) is 1.08. The molecule has 1 aromatic carbocycles. The van der Waals surface area contributed by atoms with Crippen LogP contribution in [0.4, 0.5) is 4.79 Å². The summed E-state index contributed by atoms with van der Waals surface area (Å²) in [5.41, 5.74) is 1.34. The van der Waals surface area contributed by atoms with E-state index in [1.165, 1.54) is 14.0 Å². The Labute approximate surface area is 109 Å². The molecule has 1 fully saturated rings. The van der Waals surface area contributed by atoms with Crippen LogP contribution >= 0.6 is 22.6 Å². The highest BCUT2D eigenvalue weighted by Gasteiger charge is 2.22. The number of benzene rings is 1. The molecular formula is C12H14INO2. The normalized spacial score (nSPS) is 17.4. The Morgan fingerprint density at radius 3 is 2.31 bits per heavy atom. The van der Waals surface area contributed by atoms with Gasteiger partial charge < -0.3 is 10.0 Å². The zero-order valence-electron chi connectivity index (χ0n) is 8.90. The Bertz CT molecular complexity index is 369. The van der Waals surface area contributed by atoms with Crippen LogP contribution in [-0.2, 0) is 0 Å². The number of nitrogens with zero attached hydrogens (tertiary/aromatic N) is 1. The topological polar surface area (TPSA) is 40.5 Å². The van der Waals surface area contributed by atoms with Gasteiger partial charge in [0.15, 0.2) is 0 Å². The van der Waals surface area contributed by atoms with Crippen molar-refractivity contribution in [2.24, 2.45) is 0 Å². The number of amides is 1. The number of likely N-dealkylation sites (tertiary alicyclic amines) is 1. The molecule has 2 rings (SSSR count). The van der Waals surface area contributed by atoms with Crippen LogP contribution in [-0.4, -0.2) is 29.2 Å². The first-order valence-corrected chi connectivity index (χ1v) is 6.48. The first-order valence-electron chi connectivity index (χ1n) is 5.40. The van der Waals surface area contributed by atoms with Gasteiger partial charge in [-0.3, -0.25) is 0 Å². The quantitative estimate of drug-likeness (QED) is 0.803. The van der Waals surface area contributed by atoms with E-state index in [2.05, 4.69) is 46.9 Å². The molecule has 86 valence electrons. The van der Waals surface area contributed by atoms with Crippen LogP contribution < -0.4 is 0 Å². The molecule has 16 heavy (non-hydrogen) atoms. The summed E-state index contributed by atoms with van der Waals surface area (Å²) >= 11 is 2.29. The second-order valence-corrected chi connectivity index (χ2v) is 5.34. The van der Waals surface area contributed by atoms with E-state index in [9.17, 15) is 4.79 Å². The molecule has 4 heteroatoms. The van der Waals surface area contributed by atoms with Gasteiger partial charge in [0.05, 0.1) is 0 Å². The lowest BCUT2D eigenvalue weighted by Gasteiger charge is -2.30. The fourth-order valence-electron chi connectivity index (χ4n) is 2.14. The molecule has 1 N–H and O–H groups in total. The molecule has 1 amide bonds. The summed E-state index contributed by atoms with van der Waals surface area (Å²) < 4.78 is 1.24. The van der Waals surface area contributed by atoms with E-state index in [0.29, 0.717) is 19.0 Å². The van der Waals surface area contributed by atoms with Crippen LogP contribution in [0.15, 0.2) is 24.3 Å². The predicted octanol–water partition coefficient (Wildman–Crippen LogP) is 3.15. The standard InChI is InChI=1S/C12H14INO2/c13-11-3-1-9(2-4-11)10-5-7-14(8-6-10)12(15)16/h1-4,10H,5-8H2,(H,15,16). The number of hydrogen-bond acceptors (Lipinski definition) is 1. The minimum Gasteiger partial charge on any atom is -0.465 e. The number of piperidine rings is 1. The first-order chi connectivity index (χ1) is 7.66. The van der Waals surface area contributed by atoms with Gasteiger partial charge in [0.2, 0.25) is 0 Å². The van der Waals surface area contributed by atoms with Gasteiger partial charge in [-0.25, -0.2) is 4.79 Å². The molecule has 0 atom stereocenters. The lowest BCUT2D eigenvalue weighted by Crippen LogP contribution is -2.36. The number of carbonyl (C=O) groups is 1. The highest BCUT2D eigenvalue weighted by Crippen LogP contribution is 2.28. The molecule has 0 saturated carbocycles. The molecule has 0 bridgehead atoms. The van der Waals surface area contributed by atoms with Crippen molar-refractivity contribution in [2.45, 2.75) is 18.8 Å². The fraction of sp³-hybridized carbons (Fsp3) is 0.417. The van der Waals surface area contributed by atoms with Gasteiger partial charge in [-0.05, 0) is 59.0 Å². The van der Waals surface area contributed by atoms with Gasteiger partial charge >= 0.3 is 6.09 Å². The molecular weight excluding hydrogens is 317 g/mol. The summed E-state index contributed by atoms with van der Waals surface area (Å²) in [5.74, 6) is 0.521. The zero-order chi connectivity index (χ0) is 11.5. The average Bonchev–Trinajstić information content (AvgIpc) is 2.30. The number of hydrogen-bond donors (Lipinski definition) is 1. The molecule has 1 aromatic rings. The molecule has 0 aliphatic carbocycles. The van der Waals surface area contributed by atoms with Gasteiger partial charge in [0.1, 0.15) is 0 Å². The number of carboxylic acid groups (broad SMARTS) is 1. The molecule has 3 nitrogen and oxygen atoms in total. The van der Waals surface area contributed by atoms with E-state index in [-0.39, 0.29) is 0 Å². The third-order valence-corrected chi connectivity index (χ3v) is 3.83. The average molecular weight is 331 g/mol. The Kier molecular flexibility index (Phi) is 3.68. The summed E-state index contributed by atoms with van der Waals surface area (Å²) in [4.78, 5) is 12.3. The second-order valence-electron chi connectivity index (χ2n) is 4.10. The van der Waals surface area contributed by atoms with Gasteiger partial charge in [0.25, 0.3) is 0 Å². The van der Waals surface area contributed by atoms with Crippen LogP contribution in [0.1, 0.15) is 24.3 Å². The minimum atomic E-state index is -0.791. The summed E-state index contributed by atoms with van der Waals surface area (Å²) in [7, 11) is 0. The van der Waals surface area contributed by atoms with Crippen molar-refractivity contribution in [3.63, 3.8) is 0 Å². The van der Waals surface area contributed by atoms with E-state index in [4.69, 9.17) is 5.11 Å². The predicted molar refractivity (Wildman–Crippen MR) is 70.7 cm³/mol. The lowest BCUT2D eigenvalue weighted by atomic mass is 9.90. The SMILES string of the molecule is O=C(O)N1CCC(c2ccc(I)cc2)CC1. The van der Waals surface area contributed by atoms with E-state index in [0.717, 1.165) is 12.8 Å². The lowest BCUT2D eigenvalue weighted by molar-refractivity contribution is 0.132. The molecule has 0 radical (unpaired) electrons. The van der Waals surface area contributed by atoms with E-state index in [1.54, 1.807) is 0 Å². The van der Waals surface area contributed by atoms with Crippen LogP contribution in [0.2, 0.25) is 0 Å². The molecule has 1 heterocycles. The summed E-state index contributed by atoms with van der Waals surface area (Å²) in [5, 5.41) is 8.86. The van der Waals surface area contributed by atoms with Crippen LogP contribution in [0.5, 0.6) is 0 Å². The largest absolute Gasteiger partial charge is 0.465 e. The van der Waals surface area contributed by atoms with Crippen molar-refractivity contribution in [3.8, 4) is 0 Å². The molecule has 0 aromatic heterocycles. The highest BCUT2D eigenvalue weighted by molar-refractivity contribution is 14.1. The van der Waals surface area contributed by atoms with Crippen LogP contribution in [0.25, 0.3) is 0 Å². The van der Waals surface area contributed by atoms with Crippen molar-refractivity contribution in [1.82, 2.24) is 4.90 Å². The van der Waals surface area contributed by atoms with Crippen molar-refractivity contribution in [2.75, 3.05) is 13.1 Å². The monoisotopic (exact) mass is 331 g/mol. The third-order valence-electron chi connectivity index (χ3n) is 3.11. The highest BCUT2D eigenvalue weighted by atomic mass is 127. The smallest absolute Gasteiger partial charge is 0.407 e. The second kappa shape index (κ2) is 5.03. The van der Waals surface area contributed by atoms with E-state index >= 15 is 0 Å². The molecule has 0 spiro atoms. The maximum Gasteiger partial charge on any atom is 0.407 e. The maximum absolute atomic E-state index is 10.8. The van der Waals surface area contributed by atoms with Gasteiger partial charge in [-0.1, -0.05) is 12.1 Å². The molecule has 0 unspecified atom stereocenters. The summed E-state index contributed by atoms with van der Waals surface area (Å²) in [6.45, 7) is 1.32. The van der Waals surface area contributed by atoms with Gasteiger partial charge in [-0.2, -0.15) is 0 Å². The van der Waals surface area contributed by atoms with E-state index < -0.39 is 6.09 Å². The van der Waals surface area contributed by atoms with Crippen molar-refractivity contribution < 1.29 is 9.90 Å². The van der Waals surface area contributed by atoms with Gasteiger partial charge in [0, 0.05) is 16.7 Å². The van der Waals surface area contributed by atoms with Gasteiger partial charge in [-0.15, -0.1) is 0 Å². The van der Waals surface area contributed by atoms with E-state index in [1.807, 2.05) is 0 Å². The Morgan fingerprint density at radius 2 is 1.81 bits per heavy atom. The summed E-state index contributed by atoms with van der Waals surface area (Å²) in [6, 6.07) is 8.53.